The number of nitrogens with one attached hydrogen (secondary N) is 1. The zero-order chi connectivity index (χ0) is 13.0. The van der Waals surface area contributed by atoms with Crippen LogP contribution in [0, 0.1) is 0 Å². The lowest BCUT2D eigenvalue weighted by molar-refractivity contribution is 0.151. The first-order valence-electron chi connectivity index (χ1n) is 5.70. The van der Waals surface area contributed by atoms with Crippen LogP contribution in [0.4, 0.5) is 8.78 Å². The molecule has 18 heavy (non-hydrogen) atoms. The maximum Gasteiger partial charge on any atom is 0.263 e. The summed E-state index contributed by atoms with van der Waals surface area (Å²) >= 11 is 0. The molecule has 0 amide bonds. The van der Waals surface area contributed by atoms with Gasteiger partial charge < -0.3 is 5.32 Å². The number of hydrogen-bond donors (Lipinski definition) is 1. The molecule has 1 aromatic heterocycles. The predicted octanol–water partition coefficient (Wildman–Crippen LogP) is 2.65. The molecule has 0 atom stereocenters. The second-order valence-electron chi connectivity index (χ2n) is 4.17. The molecule has 0 aliphatic heterocycles. The average molecular weight is 251 g/mol. The smallest absolute Gasteiger partial charge is 0.263 e. The Morgan fingerprint density at radius 1 is 1.17 bits per heavy atom. The zero-order valence-electron chi connectivity index (χ0n) is 10.1. The minimum atomic E-state index is -2.40. The van der Waals surface area contributed by atoms with Crippen molar-refractivity contribution in [2.45, 2.75) is 19.5 Å². The Hall–Kier alpha value is -1.75. The lowest BCUT2D eigenvalue weighted by Gasteiger charge is -2.05. The number of halogens is 2. The highest BCUT2D eigenvalue weighted by molar-refractivity contribution is 5.23. The summed E-state index contributed by atoms with van der Waals surface area (Å²) in [6.07, 6.45) is 1.34. The van der Waals surface area contributed by atoms with Gasteiger partial charge in [-0.3, -0.25) is 4.68 Å². The summed E-state index contributed by atoms with van der Waals surface area (Å²) in [6, 6.07) is 6.37. The van der Waals surface area contributed by atoms with Crippen LogP contribution in [0.15, 0.2) is 36.7 Å². The SMILES string of the molecule is Cn1cc(CNCc2ccc(C(F)F)cc2)cn1. The third kappa shape index (κ3) is 3.37. The van der Waals surface area contributed by atoms with Crippen molar-refractivity contribution in [2.75, 3.05) is 0 Å². The van der Waals surface area contributed by atoms with Crippen LogP contribution in [0.1, 0.15) is 23.1 Å². The molecule has 1 N–H and O–H groups in total. The molecular formula is C13H15F2N3. The van der Waals surface area contributed by atoms with Gasteiger partial charge in [0, 0.05) is 37.5 Å². The average Bonchev–Trinajstić information content (AvgIpc) is 2.76. The Morgan fingerprint density at radius 3 is 2.39 bits per heavy atom. The normalized spacial score (nSPS) is 11.1. The first-order chi connectivity index (χ1) is 8.65. The summed E-state index contributed by atoms with van der Waals surface area (Å²) in [5.41, 5.74) is 2.15. The molecule has 2 rings (SSSR count). The van der Waals surface area contributed by atoms with Crippen LogP contribution in [0.3, 0.4) is 0 Å². The van der Waals surface area contributed by atoms with Crippen LogP contribution in [0.2, 0.25) is 0 Å². The molecule has 0 saturated carbocycles. The molecule has 0 aliphatic rings. The van der Waals surface area contributed by atoms with E-state index in [1.165, 1.54) is 12.1 Å². The number of aromatic nitrogens is 2. The molecule has 1 heterocycles. The maximum atomic E-state index is 12.3. The van der Waals surface area contributed by atoms with E-state index >= 15 is 0 Å². The van der Waals surface area contributed by atoms with Crippen LogP contribution in [-0.2, 0) is 20.1 Å². The number of aryl methyl sites for hydroxylation is 1. The van der Waals surface area contributed by atoms with Crippen molar-refractivity contribution in [3.8, 4) is 0 Å². The largest absolute Gasteiger partial charge is 0.309 e. The van der Waals surface area contributed by atoms with Crippen molar-refractivity contribution in [3.63, 3.8) is 0 Å². The minimum Gasteiger partial charge on any atom is -0.309 e. The molecule has 96 valence electrons. The quantitative estimate of drug-likeness (QED) is 0.885. The molecule has 5 heteroatoms. The first kappa shape index (κ1) is 12.7. The maximum absolute atomic E-state index is 12.3. The molecule has 1 aromatic carbocycles. The number of alkyl halides is 2. The minimum absolute atomic E-state index is 0.0611. The Balaban J connectivity index is 1.83. The summed E-state index contributed by atoms with van der Waals surface area (Å²) in [4.78, 5) is 0. The van der Waals surface area contributed by atoms with Gasteiger partial charge in [-0.05, 0) is 5.56 Å². The zero-order valence-corrected chi connectivity index (χ0v) is 10.1. The Labute approximate surface area is 104 Å². The fraction of sp³-hybridized carbons (Fsp3) is 0.308. The van der Waals surface area contributed by atoms with E-state index in [1.807, 2.05) is 13.2 Å². The van der Waals surface area contributed by atoms with E-state index in [1.54, 1.807) is 23.0 Å². The van der Waals surface area contributed by atoms with Crippen LogP contribution >= 0.6 is 0 Å². The van der Waals surface area contributed by atoms with Gasteiger partial charge >= 0.3 is 0 Å². The second kappa shape index (κ2) is 5.73. The van der Waals surface area contributed by atoms with Crippen LogP contribution in [-0.4, -0.2) is 9.78 Å². The highest BCUT2D eigenvalue weighted by Crippen LogP contribution is 2.18. The third-order valence-corrected chi connectivity index (χ3v) is 2.65. The molecule has 2 aromatic rings. The van der Waals surface area contributed by atoms with Crippen molar-refractivity contribution in [3.05, 3.63) is 53.3 Å². The Morgan fingerprint density at radius 2 is 1.83 bits per heavy atom. The van der Waals surface area contributed by atoms with E-state index in [9.17, 15) is 8.78 Å². The van der Waals surface area contributed by atoms with E-state index in [4.69, 9.17) is 0 Å². The number of hydrogen-bond acceptors (Lipinski definition) is 2. The summed E-state index contributed by atoms with van der Waals surface area (Å²) in [5, 5.41) is 7.31. The van der Waals surface area contributed by atoms with Gasteiger partial charge in [0.25, 0.3) is 6.43 Å². The Kier molecular flexibility index (Phi) is 4.04. The molecular weight excluding hydrogens is 236 g/mol. The van der Waals surface area contributed by atoms with Crippen molar-refractivity contribution in [1.82, 2.24) is 15.1 Å². The van der Waals surface area contributed by atoms with E-state index in [0.717, 1.165) is 11.1 Å². The van der Waals surface area contributed by atoms with Crippen molar-refractivity contribution in [2.24, 2.45) is 7.05 Å². The van der Waals surface area contributed by atoms with E-state index < -0.39 is 6.43 Å². The van der Waals surface area contributed by atoms with Crippen LogP contribution < -0.4 is 5.32 Å². The van der Waals surface area contributed by atoms with Crippen LogP contribution in [0.25, 0.3) is 0 Å². The third-order valence-electron chi connectivity index (χ3n) is 2.65. The lowest BCUT2D eigenvalue weighted by Crippen LogP contribution is -2.12. The monoisotopic (exact) mass is 251 g/mol. The molecule has 0 fully saturated rings. The Bertz CT molecular complexity index is 491. The number of nitrogens with zero attached hydrogens (tertiary/aromatic N) is 2. The topological polar surface area (TPSA) is 29.9 Å². The van der Waals surface area contributed by atoms with E-state index in [-0.39, 0.29) is 5.56 Å². The lowest BCUT2D eigenvalue weighted by atomic mass is 10.1. The molecule has 0 spiro atoms. The van der Waals surface area contributed by atoms with Gasteiger partial charge in [-0.1, -0.05) is 24.3 Å². The molecule has 0 radical (unpaired) electrons. The standard InChI is InChI=1S/C13H15F2N3/c1-18-9-11(8-17-18)7-16-6-10-2-4-12(5-3-10)13(14)15/h2-5,8-9,13,16H,6-7H2,1H3. The van der Waals surface area contributed by atoms with Gasteiger partial charge in [0.05, 0.1) is 6.20 Å². The fourth-order valence-electron chi connectivity index (χ4n) is 1.70. The second-order valence-corrected chi connectivity index (χ2v) is 4.17. The summed E-state index contributed by atoms with van der Waals surface area (Å²) < 4.78 is 26.4. The van der Waals surface area contributed by atoms with Gasteiger partial charge in [-0.2, -0.15) is 5.10 Å². The number of benzene rings is 1. The molecule has 0 saturated heterocycles. The molecule has 3 nitrogen and oxygen atoms in total. The van der Waals surface area contributed by atoms with E-state index in [2.05, 4.69) is 10.4 Å². The molecule has 0 bridgehead atoms. The van der Waals surface area contributed by atoms with Gasteiger partial charge in [0.2, 0.25) is 0 Å². The van der Waals surface area contributed by atoms with Crippen LogP contribution in [0.5, 0.6) is 0 Å². The van der Waals surface area contributed by atoms with Crippen molar-refractivity contribution in [1.29, 1.82) is 0 Å². The number of rotatable bonds is 5. The highest BCUT2D eigenvalue weighted by atomic mass is 19.3. The van der Waals surface area contributed by atoms with E-state index in [0.29, 0.717) is 13.1 Å². The van der Waals surface area contributed by atoms with Gasteiger partial charge in [-0.25, -0.2) is 8.78 Å². The fourth-order valence-corrected chi connectivity index (χ4v) is 1.70. The highest BCUT2D eigenvalue weighted by Gasteiger charge is 2.05. The van der Waals surface area contributed by atoms with Crippen molar-refractivity contribution < 1.29 is 8.78 Å². The summed E-state index contributed by atoms with van der Waals surface area (Å²) in [5.74, 6) is 0. The summed E-state index contributed by atoms with van der Waals surface area (Å²) in [6.45, 7) is 1.36. The summed E-state index contributed by atoms with van der Waals surface area (Å²) in [7, 11) is 1.87. The predicted molar refractivity (Wildman–Crippen MR) is 65.2 cm³/mol. The first-order valence-corrected chi connectivity index (χ1v) is 5.70. The molecule has 0 aliphatic carbocycles. The van der Waals surface area contributed by atoms with Crippen molar-refractivity contribution >= 4 is 0 Å². The molecule has 0 unspecified atom stereocenters. The van der Waals surface area contributed by atoms with Gasteiger partial charge in [-0.15, -0.1) is 0 Å². The van der Waals surface area contributed by atoms with Gasteiger partial charge in [0.1, 0.15) is 0 Å². The van der Waals surface area contributed by atoms with Gasteiger partial charge in [0.15, 0.2) is 0 Å².